The van der Waals surface area contributed by atoms with Crippen LogP contribution >= 0.6 is 0 Å². The molecule has 1 heterocycles. The second-order valence-corrected chi connectivity index (χ2v) is 12.0. The third-order valence-electron chi connectivity index (χ3n) is 7.94. The van der Waals surface area contributed by atoms with Crippen LogP contribution in [0, 0.1) is 17.1 Å². The highest BCUT2D eigenvalue weighted by atomic mass is 19.1. The van der Waals surface area contributed by atoms with Crippen molar-refractivity contribution < 1.29 is 13.9 Å². The molecule has 0 spiro atoms. The summed E-state index contributed by atoms with van der Waals surface area (Å²) in [6.45, 7) is 20.5. The molecule has 0 saturated carbocycles. The summed E-state index contributed by atoms with van der Waals surface area (Å²) in [6, 6.07) is 9.02. The number of carbonyl (C=O) groups is 1. The number of allylic oxidation sites excluding steroid dienone is 11. The van der Waals surface area contributed by atoms with E-state index in [4.69, 9.17) is 10.00 Å². The number of halogens is 1. The van der Waals surface area contributed by atoms with Crippen LogP contribution in [0.1, 0.15) is 93.6 Å². The van der Waals surface area contributed by atoms with Gasteiger partial charge in [-0.2, -0.15) is 5.26 Å². The van der Waals surface area contributed by atoms with Gasteiger partial charge in [-0.3, -0.25) is 9.79 Å². The number of aliphatic imine (C=N–C) groups is 1. The number of hydrogen-bond acceptors (Lipinski definition) is 5. The van der Waals surface area contributed by atoms with Gasteiger partial charge >= 0.3 is 0 Å². The molecule has 2 rings (SSSR count). The van der Waals surface area contributed by atoms with Crippen LogP contribution in [0.5, 0.6) is 0 Å². The Labute approximate surface area is 284 Å². The number of ether oxygens (including phenoxy) is 1. The zero-order valence-electron chi connectivity index (χ0n) is 30.5. The molecule has 1 aliphatic heterocycles. The van der Waals surface area contributed by atoms with Crippen molar-refractivity contribution in [3.05, 3.63) is 101 Å². The van der Waals surface area contributed by atoms with Crippen molar-refractivity contribution in [2.45, 2.75) is 93.6 Å². The average Bonchev–Trinajstić information content (AvgIpc) is 3.07. The number of methoxy groups -OCH3 is 1. The number of rotatable bonds is 13. The van der Waals surface area contributed by atoms with E-state index in [1.54, 1.807) is 39.3 Å². The van der Waals surface area contributed by atoms with Gasteiger partial charge in [0.05, 0.1) is 11.6 Å². The minimum atomic E-state index is -0.837. The Bertz CT molecular complexity index is 1410. The van der Waals surface area contributed by atoms with Crippen LogP contribution in [0.2, 0.25) is 0 Å². The summed E-state index contributed by atoms with van der Waals surface area (Å²) in [5.74, 6) is -0.264. The predicted molar refractivity (Wildman–Crippen MR) is 196 cm³/mol. The molecule has 0 unspecified atom stereocenters. The Morgan fingerprint density at radius 1 is 1.04 bits per heavy atom. The highest BCUT2D eigenvalue weighted by Crippen LogP contribution is 2.31. The normalized spacial score (nSPS) is 15.9. The van der Waals surface area contributed by atoms with E-state index >= 15 is 0 Å². The van der Waals surface area contributed by atoms with Gasteiger partial charge in [0.15, 0.2) is 0 Å². The molecular weight excluding hydrogens is 587 g/mol. The minimum absolute atomic E-state index is 0.00514. The van der Waals surface area contributed by atoms with Crippen molar-refractivity contribution in [3.63, 3.8) is 0 Å². The summed E-state index contributed by atoms with van der Waals surface area (Å²) in [5.41, 5.74) is 5.31. The molecule has 47 heavy (non-hydrogen) atoms. The maximum absolute atomic E-state index is 14.8. The molecular formula is C40H57FN4O2. The van der Waals surface area contributed by atoms with Crippen molar-refractivity contribution in [1.29, 1.82) is 5.26 Å². The number of carbonyl (C=O) groups excluding carboxylic acids is 1. The SMILES string of the molecule is CC/C=C/C=C(C#N)\C=C(/C)CCC.C\C=C(C(/C(C)=N/C=C/CC)=C(/C)N1CCN(C(=O)C(C)(C)OC)CC1)\c1ccccc1F. The molecule has 1 amide bonds. The third-order valence-corrected chi connectivity index (χ3v) is 7.94. The molecule has 0 bridgehead atoms. The number of amides is 1. The van der Waals surface area contributed by atoms with Gasteiger partial charge in [-0.1, -0.05) is 75.3 Å². The molecule has 0 aromatic heterocycles. The smallest absolute Gasteiger partial charge is 0.254 e. The van der Waals surface area contributed by atoms with Crippen LogP contribution in [0.25, 0.3) is 5.57 Å². The Balaban J connectivity index is 0.000000663. The van der Waals surface area contributed by atoms with Crippen LogP contribution in [0.4, 0.5) is 4.39 Å². The summed E-state index contributed by atoms with van der Waals surface area (Å²) in [7, 11) is 1.56. The van der Waals surface area contributed by atoms with Crippen LogP contribution in [-0.4, -0.2) is 60.3 Å². The number of nitrogens with zero attached hydrogens (tertiary/aromatic N) is 4. The minimum Gasteiger partial charge on any atom is -0.371 e. The summed E-state index contributed by atoms with van der Waals surface area (Å²) in [5, 5.41) is 8.85. The lowest BCUT2D eigenvalue weighted by molar-refractivity contribution is -0.152. The van der Waals surface area contributed by atoms with E-state index in [0.717, 1.165) is 53.8 Å². The first-order valence-corrected chi connectivity index (χ1v) is 16.8. The maximum atomic E-state index is 14.8. The van der Waals surface area contributed by atoms with E-state index in [1.807, 2.05) is 61.3 Å². The van der Waals surface area contributed by atoms with E-state index < -0.39 is 5.60 Å². The van der Waals surface area contributed by atoms with Crippen LogP contribution < -0.4 is 0 Å². The highest BCUT2D eigenvalue weighted by molar-refractivity contribution is 6.12. The van der Waals surface area contributed by atoms with E-state index in [9.17, 15) is 9.18 Å². The molecule has 7 heteroatoms. The summed E-state index contributed by atoms with van der Waals surface area (Å²) in [6.07, 6.45) is 17.7. The number of nitriles is 1. The third kappa shape index (κ3) is 13.3. The second-order valence-electron chi connectivity index (χ2n) is 12.0. The first kappa shape index (κ1) is 41.0. The van der Waals surface area contributed by atoms with Crippen LogP contribution in [0.15, 0.2) is 94.3 Å². The van der Waals surface area contributed by atoms with Crippen LogP contribution in [0.3, 0.4) is 0 Å². The first-order valence-electron chi connectivity index (χ1n) is 16.8. The monoisotopic (exact) mass is 644 g/mol. The molecule has 256 valence electrons. The van der Waals surface area contributed by atoms with E-state index in [2.05, 4.69) is 50.6 Å². The summed E-state index contributed by atoms with van der Waals surface area (Å²) < 4.78 is 20.1. The van der Waals surface area contributed by atoms with E-state index in [1.165, 1.54) is 11.6 Å². The Kier molecular flexibility index (Phi) is 18.9. The van der Waals surface area contributed by atoms with Gasteiger partial charge in [-0.15, -0.1) is 0 Å². The molecule has 0 atom stereocenters. The highest BCUT2D eigenvalue weighted by Gasteiger charge is 2.34. The largest absolute Gasteiger partial charge is 0.371 e. The molecule has 1 saturated heterocycles. The zero-order chi connectivity index (χ0) is 35.4. The lowest BCUT2D eigenvalue weighted by Gasteiger charge is -2.40. The molecule has 6 nitrogen and oxygen atoms in total. The quantitative estimate of drug-likeness (QED) is 0.122. The van der Waals surface area contributed by atoms with Gasteiger partial charge in [0, 0.05) is 62.0 Å². The first-order chi connectivity index (χ1) is 22.4. The van der Waals surface area contributed by atoms with Crippen molar-refractivity contribution in [2.24, 2.45) is 4.99 Å². The molecule has 0 aliphatic carbocycles. The fraction of sp³-hybridized carbons (Fsp3) is 0.475. The predicted octanol–water partition coefficient (Wildman–Crippen LogP) is 9.61. The number of hydrogen-bond donors (Lipinski definition) is 0. The van der Waals surface area contributed by atoms with Crippen molar-refractivity contribution >= 4 is 17.2 Å². The van der Waals surface area contributed by atoms with Gasteiger partial charge in [0.2, 0.25) is 0 Å². The lowest BCUT2D eigenvalue weighted by atomic mass is 9.92. The fourth-order valence-electron chi connectivity index (χ4n) is 5.13. The maximum Gasteiger partial charge on any atom is 0.254 e. The molecule has 1 aliphatic rings. The van der Waals surface area contributed by atoms with Gasteiger partial charge in [-0.25, -0.2) is 4.39 Å². The number of benzene rings is 1. The second kappa shape index (κ2) is 21.7. The summed E-state index contributed by atoms with van der Waals surface area (Å²) in [4.78, 5) is 21.5. The van der Waals surface area contributed by atoms with Crippen molar-refractivity contribution in [1.82, 2.24) is 9.80 Å². The summed E-state index contributed by atoms with van der Waals surface area (Å²) >= 11 is 0. The fourth-order valence-corrected chi connectivity index (χ4v) is 5.13. The Morgan fingerprint density at radius 2 is 1.66 bits per heavy atom. The standard InChI is InChI=1S/C27H38FN3O2.C13H19N/c1-8-10-15-29-20(3)25(22(9-2)23-13-11-12-14-24(23)28)21(4)30-16-18-31(19-17-30)26(32)27(5,6)33-7;1-4-6-7-9-13(11-14)10-12(3)8-5-2/h9-15H,8,16-19H2,1-7H3;6-7,9-10H,4-5,8H2,1-3H3/b15-10+,22-9-,25-21-,29-20+;7-6+,12-10+,13-9+. The topological polar surface area (TPSA) is 68.9 Å². The Hall–Kier alpha value is -4.02. The average molecular weight is 645 g/mol. The van der Waals surface area contributed by atoms with Crippen molar-refractivity contribution in [2.75, 3.05) is 33.3 Å². The molecule has 1 aromatic carbocycles. The Morgan fingerprint density at radius 3 is 2.19 bits per heavy atom. The van der Waals surface area contributed by atoms with Gasteiger partial charge in [0.25, 0.3) is 5.91 Å². The van der Waals surface area contributed by atoms with Gasteiger partial charge in [0.1, 0.15) is 11.4 Å². The molecule has 1 aromatic rings. The van der Waals surface area contributed by atoms with Crippen LogP contribution in [-0.2, 0) is 9.53 Å². The molecule has 0 radical (unpaired) electrons. The lowest BCUT2D eigenvalue weighted by Crippen LogP contribution is -2.54. The zero-order valence-corrected chi connectivity index (χ0v) is 30.5. The molecule has 1 fully saturated rings. The number of piperazine rings is 1. The molecule has 0 N–H and O–H groups in total. The van der Waals surface area contributed by atoms with Gasteiger partial charge in [-0.05, 0) is 84.6 Å². The van der Waals surface area contributed by atoms with Gasteiger partial charge < -0.3 is 14.5 Å². The van der Waals surface area contributed by atoms with E-state index in [-0.39, 0.29) is 11.7 Å². The van der Waals surface area contributed by atoms with E-state index in [0.29, 0.717) is 31.7 Å². The van der Waals surface area contributed by atoms with Crippen molar-refractivity contribution in [3.8, 4) is 6.07 Å².